The summed E-state index contributed by atoms with van der Waals surface area (Å²) in [6.07, 6.45) is 7.37. The average molecular weight is 358 g/mol. The summed E-state index contributed by atoms with van der Waals surface area (Å²) < 4.78 is 5.94. The highest BCUT2D eigenvalue weighted by Gasteiger charge is 2.45. The molecular formula is C20H26N2O4. The van der Waals surface area contributed by atoms with Crippen LogP contribution < -0.4 is 4.74 Å². The number of hydrogen-bond donors (Lipinski definition) is 1. The minimum Gasteiger partial charge on any atom is -0.478 e. The summed E-state index contributed by atoms with van der Waals surface area (Å²) in [7, 11) is 0. The van der Waals surface area contributed by atoms with Crippen LogP contribution in [0.1, 0.15) is 43.5 Å². The number of piperidine rings is 1. The second-order valence-corrected chi connectivity index (χ2v) is 7.29. The Bertz CT molecular complexity index is 721. The number of carbonyl (C=O) groups excluding carboxylic acids is 1. The van der Waals surface area contributed by atoms with Crippen molar-refractivity contribution in [3.63, 3.8) is 0 Å². The van der Waals surface area contributed by atoms with Gasteiger partial charge in [0.05, 0.1) is 5.69 Å². The molecule has 1 amide bonds. The number of allylic oxidation sites excluding steroid dienone is 2. The van der Waals surface area contributed by atoms with Gasteiger partial charge in [0.15, 0.2) is 0 Å². The molecule has 0 spiro atoms. The number of amides is 1. The smallest absolute Gasteiger partial charge is 0.348 e. The number of carboxylic acid groups (broad SMARTS) is 1. The van der Waals surface area contributed by atoms with Gasteiger partial charge in [-0.05, 0) is 44.7 Å². The number of aryl methyl sites for hydroxylation is 2. The molecule has 2 heterocycles. The molecule has 0 saturated carbocycles. The number of nitrogens with zero attached hydrogens (tertiary/aromatic N) is 2. The van der Waals surface area contributed by atoms with Crippen molar-refractivity contribution in [2.24, 2.45) is 5.92 Å². The van der Waals surface area contributed by atoms with Gasteiger partial charge in [0, 0.05) is 38.0 Å². The summed E-state index contributed by atoms with van der Waals surface area (Å²) in [4.78, 5) is 30.6. The van der Waals surface area contributed by atoms with Gasteiger partial charge in [-0.3, -0.25) is 9.78 Å². The summed E-state index contributed by atoms with van der Waals surface area (Å²) >= 11 is 0. The highest BCUT2D eigenvalue weighted by Crippen LogP contribution is 2.31. The van der Waals surface area contributed by atoms with Crippen LogP contribution in [0.4, 0.5) is 0 Å². The van der Waals surface area contributed by atoms with Crippen LogP contribution in [0, 0.1) is 19.8 Å². The molecule has 26 heavy (non-hydrogen) atoms. The van der Waals surface area contributed by atoms with Gasteiger partial charge in [0.1, 0.15) is 5.75 Å². The molecule has 0 aromatic carbocycles. The molecule has 0 bridgehead atoms. The molecule has 1 saturated heterocycles. The van der Waals surface area contributed by atoms with Crippen molar-refractivity contribution in [2.45, 2.75) is 51.6 Å². The molecule has 3 rings (SSSR count). The lowest BCUT2D eigenvalue weighted by Gasteiger charge is -2.39. The first kappa shape index (κ1) is 18.4. The fourth-order valence-corrected chi connectivity index (χ4v) is 3.69. The number of carbonyl (C=O) groups is 2. The predicted octanol–water partition coefficient (Wildman–Crippen LogP) is 2.88. The minimum absolute atomic E-state index is 0.105. The van der Waals surface area contributed by atoms with E-state index in [0.717, 1.165) is 18.5 Å². The van der Waals surface area contributed by atoms with Crippen molar-refractivity contribution in [3.8, 4) is 5.75 Å². The summed E-state index contributed by atoms with van der Waals surface area (Å²) in [5.74, 6) is -0.0583. The van der Waals surface area contributed by atoms with Crippen molar-refractivity contribution < 1.29 is 19.4 Å². The van der Waals surface area contributed by atoms with E-state index >= 15 is 0 Å². The predicted molar refractivity (Wildman–Crippen MR) is 97.0 cm³/mol. The Hall–Kier alpha value is -2.37. The lowest BCUT2D eigenvalue weighted by Crippen LogP contribution is -2.54. The number of aromatic nitrogens is 1. The molecule has 6 heteroatoms. The first-order chi connectivity index (χ1) is 12.4. The largest absolute Gasteiger partial charge is 0.478 e. The second kappa shape index (κ2) is 7.48. The third-order valence-electron chi connectivity index (χ3n) is 5.34. The molecular weight excluding hydrogens is 332 g/mol. The van der Waals surface area contributed by atoms with Crippen LogP contribution in [0.2, 0.25) is 0 Å². The lowest BCUT2D eigenvalue weighted by molar-refractivity contribution is -0.162. The van der Waals surface area contributed by atoms with Crippen LogP contribution in [0.25, 0.3) is 0 Å². The van der Waals surface area contributed by atoms with Gasteiger partial charge in [-0.2, -0.15) is 0 Å². The van der Waals surface area contributed by atoms with Crippen LogP contribution in [0.5, 0.6) is 5.75 Å². The van der Waals surface area contributed by atoms with E-state index in [-0.39, 0.29) is 18.7 Å². The number of aliphatic carboxylic acids is 1. The standard InChI is InChI=1S/C20H26N2O4/c1-14-7-8-17(15(2)21-14)26-20(19(24)25)9-11-22(12-10-20)18(23)13-16-5-3-4-6-16/h3,5,7-8,16H,4,6,9-13H2,1-2H3,(H,24,25)/t16-/m1/s1. The zero-order valence-electron chi connectivity index (χ0n) is 15.4. The van der Waals surface area contributed by atoms with Gasteiger partial charge >= 0.3 is 5.97 Å². The molecule has 6 nitrogen and oxygen atoms in total. The molecule has 1 aliphatic carbocycles. The van der Waals surface area contributed by atoms with Gasteiger partial charge in [-0.15, -0.1) is 0 Å². The molecule has 1 aliphatic heterocycles. The van der Waals surface area contributed by atoms with Gasteiger partial charge < -0.3 is 14.7 Å². The third kappa shape index (κ3) is 3.89. The van der Waals surface area contributed by atoms with Gasteiger partial charge in [0.25, 0.3) is 0 Å². The third-order valence-corrected chi connectivity index (χ3v) is 5.34. The van der Waals surface area contributed by atoms with Crippen molar-refractivity contribution in [1.29, 1.82) is 0 Å². The zero-order valence-corrected chi connectivity index (χ0v) is 15.4. The van der Waals surface area contributed by atoms with E-state index in [1.54, 1.807) is 11.0 Å². The summed E-state index contributed by atoms with van der Waals surface area (Å²) in [6.45, 7) is 4.50. The van der Waals surface area contributed by atoms with Crippen molar-refractivity contribution in [1.82, 2.24) is 9.88 Å². The van der Waals surface area contributed by atoms with Crippen molar-refractivity contribution in [3.05, 3.63) is 35.7 Å². The van der Waals surface area contributed by atoms with Crippen LogP contribution in [0.15, 0.2) is 24.3 Å². The SMILES string of the molecule is Cc1ccc(OC2(C(=O)O)CCN(C(=O)C[C@@H]3C=CCC3)CC2)c(C)n1. The van der Waals surface area contributed by atoms with E-state index in [0.29, 0.717) is 36.9 Å². The molecule has 1 N–H and O–H groups in total. The minimum atomic E-state index is -1.30. The highest BCUT2D eigenvalue weighted by molar-refractivity contribution is 5.80. The van der Waals surface area contributed by atoms with Crippen LogP contribution in [-0.4, -0.2) is 45.6 Å². The fraction of sp³-hybridized carbons (Fsp3) is 0.550. The lowest BCUT2D eigenvalue weighted by atomic mass is 9.90. The number of hydrogen-bond acceptors (Lipinski definition) is 4. The summed E-state index contributed by atoms with van der Waals surface area (Å²) in [6, 6.07) is 3.58. The number of pyridine rings is 1. The molecule has 0 radical (unpaired) electrons. The normalized spacial score (nSPS) is 21.6. The summed E-state index contributed by atoms with van der Waals surface area (Å²) in [5, 5.41) is 9.79. The van der Waals surface area contributed by atoms with E-state index in [4.69, 9.17) is 4.74 Å². The van der Waals surface area contributed by atoms with Gasteiger partial charge in [0.2, 0.25) is 11.5 Å². The van der Waals surface area contributed by atoms with Crippen molar-refractivity contribution in [2.75, 3.05) is 13.1 Å². The second-order valence-electron chi connectivity index (χ2n) is 7.29. The first-order valence-corrected chi connectivity index (χ1v) is 9.21. The molecule has 2 aliphatic rings. The monoisotopic (exact) mass is 358 g/mol. The number of ether oxygens (including phenoxy) is 1. The highest BCUT2D eigenvalue weighted by atomic mass is 16.5. The maximum absolute atomic E-state index is 12.5. The quantitative estimate of drug-likeness (QED) is 0.819. The van der Waals surface area contributed by atoms with Crippen molar-refractivity contribution >= 4 is 11.9 Å². The Morgan fingerprint density at radius 2 is 2.04 bits per heavy atom. The van der Waals surface area contributed by atoms with Crippen LogP contribution >= 0.6 is 0 Å². The number of carboxylic acids is 1. The first-order valence-electron chi connectivity index (χ1n) is 9.21. The van der Waals surface area contributed by atoms with E-state index in [1.807, 2.05) is 19.9 Å². The van der Waals surface area contributed by atoms with Gasteiger partial charge in [-0.1, -0.05) is 12.2 Å². The average Bonchev–Trinajstić information content (AvgIpc) is 3.11. The Morgan fingerprint density at radius 3 is 2.62 bits per heavy atom. The molecule has 140 valence electrons. The van der Waals surface area contributed by atoms with Crippen LogP contribution in [-0.2, 0) is 9.59 Å². The Morgan fingerprint density at radius 1 is 1.31 bits per heavy atom. The van der Waals surface area contributed by atoms with E-state index < -0.39 is 11.6 Å². The van der Waals surface area contributed by atoms with E-state index in [9.17, 15) is 14.7 Å². The molecule has 1 aromatic rings. The molecule has 1 atom stereocenters. The topological polar surface area (TPSA) is 79.7 Å². The number of likely N-dealkylation sites (tertiary alicyclic amines) is 1. The van der Waals surface area contributed by atoms with Crippen LogP contribution in [0.3, 0.4) is 0 Å². The van der Waals surface area contributed by atoms with Gasteiger partial charge in [-0.25, -0.2) is 4.79 Å². The van der Waals surface area contributed by atoms with E-state index in [1.165, 1.54) is 0 Å². The molecule has 1 fully saturated rings. The Kier molecular flexibility index (Phi) is 5.30. The number of rotatable bonds is 5. The zero-order chi connectivity index (χ0) is 18.7. The molecule has 1 aromatic heterocycles. The molecule has 0 unspecified atom stereocenters. The summed E-state index contributed by atoms with van der Waals surface area (Å²) in [5.41, 5.74) is 0.240. The van der Waals surface area contributed by atoms with E-state index in [2.05, 4.69) is 17.1 Å². The maximum Gasteiger partial charge on any atom is 0.348 e. The Balaban J connectivity index is 1.65. The Labute approximate surface area is 153 Å². The fourth-order valence-electron chi connectivity index (χ4n) is 3.69. The maximum atomic E-state index is 12.5.